The lowest BCUT2D eigenvalue weighted by atomic mass is 10.0. The predicted molar refractivity (Wildman–Crippen MR) is 105 cm³/mol. The molecule has 27 heavy (non-hydrogen) atoms. The normalized spacial score (nSPS) is 18.5. The Morgan fingerprint density at radius 1 is 1.07 bits per heavy atom. The molecule has 1 aliphatic rings. The second-order valence-corrected chi connectivity index (χ2v) is 7.39. The van der Waals surface area contributed by atoms with Crippen molar-refractivity contribution in [3.63, 3.8) is 0 Å². The number of benzene rings is 2. The van der Waals surface area contributed by atoms with E-state index in [0.29, 0.717) is 30.9 Å². The van der Waals surface area contributed by atoms with Crippen molar-refractivity contribution in [1.82, 2.24) is 0 Å². The van der Waals surface area contributed by atoms with Gasteiger partial charge in [0.15, 0.2) is 11.6 Å². The first kappa shape index (κ1) is 19.7. The largest absolute Gasteiger partial charge is 0.377 e. The maximum absolute atomic E-state index is 12.5. The van der Waals surface area contributed by atoms with Crippen LogP contribution in [0.25, 0.3) is 0 Å². The van der Waals surface area contributed by atoms with Gasteiger partial charge in [-0.15, -0.1) is 0 Å². The van der Waals surface area contributed by atoms with Crippen molar-refractivity contribution >= 4 is 5.78 Å². The zero-order valence-electron chi connectivity index (χ0n) is 16.1. The van der Waals surface area contributed by atoms with Crippen molar-refractivity contribution in [3.8, 4) is 0 Å². The Morgan fingerprint density at radius 3 is 2.59 bits per heavy atom. The molecule has 1 aliphatic heterocycles. The number of carbonyl (C=O) groups is 1. The smallest absolute Gasteiger partial charge is 0.193 e. The highest BCUT2D eigenvalue weighted by molar-refractivity contribution is 6.09. The number of ketones is 1. The summed E-state index contributed by atoms with van der Waals surface area (Å²) in [5, 5.41) is 0. The fourth-order valence-corrected chi connectivity index (χ4v) is 3.23. The summed E-state index contributed by atoms with van der Waals surface area (Å²) in [6.07, 6.45) is 3.23. The summed E-state index contributed by atoms with van der Waals surface area (Å²) in [4.78, 5) is 12.5. The fourth-order valence-electron chi connectivity index (χ4n) is 3.23. The highest BCUT2D eigenvalue weighted by Crippen LogP contribution is 2.25. The minimum Gasteiger partial charge on any atom is -0.377 e. The van der Waals surface area contributed by atoms with E-state index in [9.17, 15) is 4.79 Å². The van der Waals surface area contributed by atoms with Gasteiger partial charge in [-0.25, -0.2) is 0 Å². The molecule has 0 spiro atoms. The van der Waals surface area contributed by atoms with E-state index in [-0.39, 0.29) is 11.9 Å². The molecule has 0 saturated carbocycles. The van der Waals surface area contributed by atoms with Crippen LogP contribution < -0.4 is 0 Å². The molecular formula is C23H28O4. The van der Waals surface area contributed by atoms with E-state index in [1.807, 2.05) is 68.4 Å². The van der Waals surface area contributed by atoms with Crippen molar-refractivity contribution in [2.45, 2.75) is 51.6 Å². The van der Waals surface area contributed by atoms with E-state index in [2.05, 4.69) is 0 Å². The van der Waals surface area contributed by atoms with E-state index in [4.69, 9.17) is 14.2 Å². The van der Waals surface area contributed by atoms with Gasteiger partial charge in [-0.05, 0) is 44.7 Å². The quantitative estimate of drug-likeness (QED) is 0.473. The van der Waals surface area contributed by atoms with Gasteiger partial charge in [-0.1, -0.05) is 48.5 Å². The van der Waals surface area contributed by atoms with E-state index in [1.54, 1.807) is 0 Å². The summed E-state index contributed by atoms with van der Waals surface area (Å²) in [5.74, 6) is -0.400. The fraction of sp³-hybridized carbons (Fsp3) is 0.435. The third-order valence-corrected chi connectivity index (χ3v) is 4.63. The number of rotatable bonds is 9. The molecular weight excluding hydrogens is 340 g/mol. The highest BCUT2D eigenvalue weighted by atomic mass is 16.7. The topological polar surface area (TPSA) is 44.8 Å². The first-order valence-corrected chi connectivity index (χ1v) is 9.62. The van der Waals surface area contributed by atoms with Crippen molar-refractivity contribution < 1.29 is 19.0 Å². The molecule has 1 atom stereocenters. The molecule has 0 bridgehead atoms. The molecule has 0 aliphatic carbocycles. The monoisotopic (exact) mass is 368 g/mol. The van der Waals surface area contributed by atoms with Crippen LogP contribution >= 0.6 is 0 Å². The molecule has 0 aromatic heterocycles. The summed E-state index contributed by atoms with van der Waals surface area (Å²) < 4.78 is 17.2. The van der Waals surface area contributed by atoms with Gasteiger partial charge in [-0.3, -0.25) is 4.79 Å². The van der Waals surface area contributed by atoms with Gasteiger partial charge in [0.25, 0.3) is 0 Å². The molecule has 1 fully saturated rings. The SMILES string of the molecule is CC1(C)OCC(CCCCOCc2cccc(C(=O)c3ccccc3)c2)O1. The average molecular weight is 368 g/mol. The Hall–Kier alpha value is -2.01. The Kier molecular flexibility index (Phi) is 6.78. The average Bonchev–Trinajstić information content (AvgIpc) is 3.03. The second kappa shape index (κ2) is 9.27. The molecule has 4 heteroatoms. The molecule has 1 unspecified atom stereocenters. The number of carbonyl (C=O) groups excluding carboxylic acids is 1. The van der Waals surface area contributed by atoms with Crippen molar-refractivity contribution in [2.24, 2.45) is 0 Å². The van der Waals surface area contributed by atoms with Crippen LogP contribution in [0.15, 0.2) is 54.6 Å². The molecule has 4 nitrogen and oxygen atoms in total. The summed E-state index contributed by atoms with van der Waals surface area (Å²) in [6.45, 7) is 5.80. The molecule has 0 amide bonds. The highest BCUT2D eigenvalue weighted by Gasteiger charge is 2.31. The molecule has 0 radical (unpaired) electrons. The van der Waals surface area contributed by atoms with Crippen molar-refractivity contribution in [2.75, 3.05) is 13.2 Å². The summed E-state index contributed by atoms with van der Waals surface area (Å²) in [5.41, 5.74) is 2.42. The minimum atomic E-state index is -0.441. The lowest BCUT2D eigenvalue weighted by molar-refractivity contribution is -0.139. The molecule has 2 aromatic carbocycles. The van der Waals surface area contributed by atoms with Gasteiger partial charge in [0.2, 0.25) is 0 Å². The summed E-state index contributed by atoms with van der Waals surface area (Å²) in [6, 6.07) is 17.0. The van der Waals surface area contributed by atoms with Crippen molar-refractivity contribution in [1.29, 1.82) is 0 Å². The Morgan fingerprint density at radius 2 is 1.85 bits per heavy atom. The number of hydrogen-bond acceptors (Lipinski definition) is 4. The van der Waals surface area contributed by atoms with Gasteiger partial charge in [0.05, 0.1) is 19.3 Å². The van der Waals surface area contributed by atoms with Gasteiger partial charge in [0.1, 0.15) is 0 Å². The number of ether oxygens (including phenoxy) is 3. The first-order valence-electron chi connectivity index (χ1n) is 9.62. The van der Waals surface area contributed by atoms with Gasteiger partial charge in [0, 0.05) is 17.7 Å². The van der Waals surface area contributed by atoms with Crippen molar-refractivity contribution in [3.05, 3.63) is 71.3 Å². The van der Waals surface area contributed by atoms with Gasteiger partial charge >= 0.3 is 0 Å². The maximum Gasteiger partial charge on any atom is 0.193 e. The van der Waals surface area contributed by atoms with Crippen LogP contribution in [-0.4, -0.2) is 30.9 Å². The van der Waals surface area contributed by atoms with Crippen LogP contribution in [0.2, 0.25) is 0 Å². The third-order valence-electron chi connectivity index (χ3n) is 4.63. The molecule has 1 heterocycles. The van der Waals surface area contributed by atoms with Crippen LogP contribution in [0.4, 0.5) is 0 Å². The molecule has 2 aromatic rings. The summed E-state index contributed by atoms with van der Waals surface area (Å²) in [7, 11) is 0. The van der Waals surface area contributed by atoms with Crippen LogP contribution in [0.1, 0.15) is 54.6 Å². The zero-order valence-corrected chi connectivity index (χ0v) is 16.1. The predicted octanol–water partition coefficient (Wildman–Crippen LogP) is 4.76. The number of unbranched alkanes of at least 4 members (excludes halogenated alkanes) is 1. The van der Waals surface area contributed by atoms with E-state index >= 15 is 0 Å². The zero-order chi connectivity index (χ0) is 19.1. The Bertz CT molecular complexity index is 739. The Balaban J connectivity index is 1.38. The van der Waals surface area contributed by atoms with Gasteiger partial charge in [-0.2, -0.15) is 0 Å². The minimum absolute atomic E-state index is 0.0409. The van der Waals surface area contributed by atoms with Crippen LogP contribution in [-0.2, 0) is 20.8 Å². The maximum atomic E-state index is 12.5. The van der Waals surface area contributed by atoms with E-state index < -0.39 is 5.79 Å². The number of hydrogen-bond donors (Lipinski definition) is 0. The van der Waals surface area contributed by atoms with Crippen LogP contribution in [0, 0.1) is 0 Å². The molecule has 1 saturated heterocycles. The van der Waals surface area contributed by atoms with Crippen LogP contribution in [0.3, 0.4) is 0 Å². The molecule has 3 rings (SSSR count). The second-order valence-electron chi connectivity index (χ2n) is 7.39. The first-order chi connectivity index (χ1) is 13.0. The standard InChI is InChI=1S/C23H28O4/c1-23(2)26-17-21(27-23)13-6-7-14-25-16-18-9-8-12-20(15-18)22(24)19-10-4-3-5-11-19/h3-5,8-12,15,21H,6-7,13-14,16-17H2,1-2H3. The van der Waals surface area contributed by atoms with E-state index in [0.717, 1.165) is 24.8 Å². The van der Waals surface area contributed by atoms with Gasteiger partial charge < -0.3 is 14.2 Å². The summed E-state index contributed by atoms with van der Waals surface area (Å²) >= 11 is 0. The molecule has 144 valence electrons. The lowest BCUT2D eigenvalue weighted by Crippen LogP contribution is -2.21. The van der Waals surface area contributed by atoms with Crippen LogP contribution in [0.5, 0.6) is 0 Å². The third kappa shape index (κ3) is 5.99. The lowest BCUT2D eigenvalue weighted by Gasteiger charge is -2.16. The van der Waals surface area contributed by atoms with E-state index in [1.165, 1.54) is 0 Å². The Labute approximate surface area is 161 Å². The molecule has 0 N–H and O–H groups in total.